The Hall–Kier alpha value is -1.55. The first-order chi connectivity index (χ1) is 9.20. The zero-order chi connectivity index (χ0) is 13.2. The third kappa shape index (κ3) is 2.89. The van der Waals surface area contributed by atoms with Crippen molar-refractivity contribution in [1.82, 2.24) is 4.90 Å². The minimum Gasteiger partial charge on any atom is -0.399 e. The Kier molecular flexibility index (Phi) is 3.42. The number of hydrogen-bond acceptors (Lipinski definition) is 3. The second-order valence-corrected chi connectivity index (χ2v) is 5.50. The van der Waals surface area contributed by atoms with Crippen molar-refractivity contribution in [3.8, 4) is 0 Å². The van der Waals surface area contributed by atoms with Crippen molar-refractivity contribution in [2.45, 2.75) is 37.9 Å². The number of carbonyl (C=O) groups excluding carboxylic acids is 1. The number of nitrogens with zero attached hydrogens (tertiary/aromatic N) is 1. The number of rotatable bonds is 3. The minimum atomic E-state index is 0.247. The number of fused-ring (bicyclic) bond motifs is 2. The highest BCUT2D eigenvalue weighted by Gasteiger charge is 2.35. The molecule has 1 aromatic rings. The van der Waals surface area contributed by atoms with Crippen LogP contribution in [0.2, 0.25) is 0 Å². The molecule has 1 aromatic carbocycles. The molecule has 1 amide bonds. The number of amides is 1. The lowest BCUT2D eigenvalue weighted by atomic mass is 10.1. The largest absolute Gasteiger partial charge is 0.399 e. The van der Waals surface area contributed by atoms with Crippen LogP contribution in [0.15, 0.2) is 24.3 Å². The molecule has 2 aliphatic rings. The molecule has 2 fully saturated rings. The van der Waals surface area contributed by atoms with Gasteiger partial charge in [0.05, 0.1) is 12.2 Å². The van der Waals surface area contributed by atoms with Gasteiger partial charge in [-0.25, -0.2) is 0 Å². The van der Waals surface area contributed by atoms with Crippen molar-refractivity contribution >= 4 is 11.6 Å². The molecule has 2 aliphatic heterocycles. The van der Waals surface area contributed by atoms with Gasteiger partial charge in [-0.15, -0.1) is 0 Å². The van der Waals surface area contributed by atoms with Crippen molar-refractivity contribution in [2.75, 3.05) is 18.8 Å². The summed E-state index contributed by atoms with van der Waals surface area (Å²) < 4.78 is 5.75. The SMILES string of the molecule is Nc1ccc(CCC(=O)N2CC3CCC(C2)O3)cc1. The van der Waals surface area contributed by atoms with E-state index in [4.69, 9.17) is 10.5 Å². The third-order valence-corrected chi connectivity index (χ3v) is 4.00. The number of benzene rings is 1. The summed E-state index contributed by atoms with van der Waals surface area (Å²) in [6, 6.07) is 7.75. The van der Waals surface area contributed by atoms with E-state index in [0.717, 1.165) is 38.0 Å². The fourth-order valence-corrected chi connectivity index (χ4v) is 2.91. The quantitative estimate of drug-likeness (QED) is 0.840. The number of hydrogen-bond donors (Lipinski definition) is 1. The predicted octanol–water partition coefficient (Wildman–Crippen LogP) is 1.59. The molecule has 19 heavy (non-hydrogen) atoms. The first kappa shape index (κ1) is 12.5. The normalized spacial score (nSPS) is 25.6. The molecule has 0 spiro atoms. The summed E-state index contributed by atoms with van der Waals surface area (Å²) in [5, 5.41) is 0. The third-order valence-electron chi connectivity index (χ3n) is 4.00. The molecule has 2 unspecified atom stereocenters. The summed E-state index contributed by atoms with van der Waals surface area (Å²) in [7, 11) is 0. The Balaban J connectivity index is 1.52. The van der Waals surface area contributed by atoms with Crippen LogP contribution in [0.4, 0.5) is 5.69 Å². The van der Waals surface area contributed by atoms with Crippen molar-refractivity contribution in [3.63, 3.8) is 0 Å². The van der Waals surface area contributed by atoms with Gasteiger partial charge in [0.25, 0.3) is 0 Å². The first-order valence-electron chi connectivity index (χ1n) is 6.98. The van der Waals surface area contributed by atoms with Crippen molar-refractivity contribution < 1.29 is 9.53 Å². The van der Waals surface area contributed by atoms with Gasteiger partial charge in [0.15, 0.2) is 0 Å². The van der Waals surface area contributed by atoms with Gasteiger partial charge in [0.1, 0.15) is 0 Å². The van der Waals surface area contributed by atoms with E-state index in [1.165, 1.54) is 5.56 Å². The lowest BCUT2D eigenvalue weighted by molar-refractivity contribution is -0.139. The Morgan fingerprint density at radius 3 is 2.47 bits per heavy atom. The maximum atomic E-state index is 12.2. The second-order valence-electron chi connectivity index (χ2n) is 5.50. The number of carbonyl (C=O) groups is 1. The Labute approximate surface area is 113 Å². The van der Waals surface area contributed by atoms with E-state index in [1.54, 1.807) is 0 Å². The molecule has 102 valence electrons. The standard InChI is InChI=1S/C15H20N2O2/c16-12-4-1-11(2-5-12)3-8-15(18)17-9-13-6-7-14(10-17)19-13/h1-2,4-5,13-14H,3,6-10,16H2. The van der Waals surface area contributed by atoms with Crippen LogP contribution >= 0.6 is 0 Å². The molecule has 3 rings (SSSR count). The number of likely N-dealkylation sites (tertiary alicyclic amines) is 1. The number of aryl methyl sites for hydroxylation is 1. The maximum Gasteiger partial charge on any atom is 0.223 e. The number of ether oxygens (including phenoxy) is 1. The van der Waals surface area contributed by atoms with E-state index >= 15 is 0 Å². The maximum absolute atomic E-state index is 12.2. The fourth-order valence-electron chi connectivity index (χ4n) is 2.91. The average Bonchev–Trinajstić information content (AvgIpc) is 2.76. The molecule has 0 aromatic heterocycles. The van der Waals surface area contributed by atoms with Gasteiger partial charge in [0.2, 0.25) is 5.91 Å². The summed E-state index contributed by atoms with van der Waals surface area (Å²) in [5.41, 5.74) is 7.58. The van der Waals surface area contributed by atoms with Crippen molar-refractivity contribution in [1.29, 1.82) is 0 Å². The van der Waals surface area contributed by atoms with Gasteiger partial charge in [-0.3, -0.25) is 4.79 Å². The first-order valence-corrected chi connectivity index (χ1v) is 6.98. The van der Waals surface area contributed by atoms with Crippen LogP contribution in [-0.2, 0) is 16.0 Å². The monoisotopic (exact) mass is 260 g/mol. The van der Waals surface area contributed by atoms with Crippen molar-refractivity contribution in [2.24, 2.45) is 0 Å². The predicted molar refractivity (Wildman–Crippen MR) is 73.7 cm³/mol. The van der Waals surface area contributed by atoms with Crippen LogP contribution < -0.4 is 5.73 Å². The molecule has 0 aliphatic carbocycles. The molecule has 2 N–H and O–H groups in total. The van der Waals surface area contributed by atoms with Gasteiger partial charge in [-0.1, -0.05) is 12.1 Å². The molecule has 0 radical (unpaired) electrons. The lowest BCUT2D eigenvalue weighted by Crippen LogP contribution is -2.45. The zero-order valence-corrected chi connectivity index (χ0v) is 11.0. The molecule has 2 heterocycles. The molecule has 2 saturated heterocycles. The topological polar surface area (TPSA) is 55.6 Å². The van der Waals surface area contributed by atoms with Gasteiger partial charge in [-0.05, 0) is 37.0 Å². The van der Waals surface area contributed by atoms with Crippen LogP contribution in [0.25, 0.3) is 0 Å². The fraction of sp³-hybridized carbons (Fsp3) is 0.533. The van der Waals surface area contributed by atoms with Crippen LogP contribution in [0.5, 0.6) is 0 Å². The van der Waals surface area contributed by atoms with Crippen LogP contribution in [0.1, 0.15) is 24.8 Å². The summed E-state index contributed by atoms with van der Waals surface area (Å²) in [5.74, 6) is 0.247. The van der Waals surface area contributed by atoms with Gasteiger partial charge >= 0.3 is 0 Å². The van der Waals surface area contributed by atoms with Crippen LogP contribution in [0.3, 0.4) is 0 Å². The zero-order valence-electron chi connectivity index (χ0n) is 11.0. The Bertz CT molecular complexity index is 446. The molecular weight excluding hydrogens is 240 g/mol. The van der Waals surface area contributed by atoms with Crippen molar-refractivity contribution in [3.05, 3.63) is 29.8 Å². The van der Waals surface area contributed by atoms with E-state index in [0.29, 0.717) is 6.42 Å². The van der Waals surface area contributed by atoms with E-state index in [9.17, 15) is 4.79 Å². The summed E-state index contributed by atoms with van der Waals surface area (Å²) >= 11 is 0. The molecule has 0 saturated carbocycles. The number of anilines is 1. The molecule has 2 bridgehead atoms. The van der Waals surface area contributed by atoms with Crippen LogP contribution in [-0.4, -0.2) is 36.1 Å². The van der Waals surface area contributed by atoms with E-state index < -0.39 is 0 Å². The molecule has 4 heteroatoms. The molecule has 4 nitrogen and oxygen atoms in total. The summed E-state index contributed by atoms with van der Waals surface area (Å²) in [4.78, 5) is 14.2. The smallest absolute Gasteiger partial charge is 0.223 e. The second kappa shape index (κ2) is 5.21. The highest BCUT2D eigenvalue weighted by atomic mass is 16.5. The van der Waals surface area contributed by atoms with Gasteiger partial charge in [-0.2, -0.15) is 0 Å². The minimum absolute atomic E-state index is 0.247. The van der Waals surface area contributed by atoms with Gasteiger partial charge in [0, 0.05) is 25.2 Å². The average molecular weight is 260 g/mol. The molecular formula is C15H20N2O2. The van der Waals surface area contributed by atoms with E-state index in [1.807, 2.05) is 29.2 Å². The number of nitrogens with two attached hydrogens (primary N) is 1. The number of morpholine rings is 1. The van der Waals surface area contributed by atoms with Crippen LogP contribution in [0, 0.1) is 0 Å². The molecule has 2 atom stereocenters. The Morgan fingerprint density at radius 2 is 1.84 bits per heavy atom. The lowest BCUT2D eigenvalue weighted by Gasteiger charge is -2.32. The highest BCUT2D eigenvalue weighted by Crippen LogP contribution is 2.26. The summed E-state index contributed by atoms with van der Waals surface area (Å²) in [6.45, 7) is 1.55. The summed E-state index contributed by atoms with van der Waals surface area (Å²) in [6.07, 6.45) is 4.12. The van der Waals surface area contributed by atoms with Gasteiger partial charge < -0.3 is 15.4 Å². The Morgan fingerprint density at radius 1 is 1.21 bits per heavy atom. The number of nitrogen functional groups attached to an aromatic ring is 1. The van der Waals surface area contributed by atoms with E-state index in [2.05, 4.69) is 0 Å². The van der Waals surface area contributed by atoms with E-state index in [-0.39, 0.29) is 18.1 Å². The highest BCUT2D eigenvalue weighted by molar-refractivity contribution is 5.76.